The molecule has 1 N–H and O–H groups in total. The van der Waals surface area contributed by atoms with Gasteiger partial charge in [-0.3, -0.25) is 4.98 Å². The van der Waals surface area contributed by atoms with E-state index in [4.69, 9.17) is 4.74 Å². The van der Waals surface area contributed by atoms with Crippen molar-refractivity contribution >= 4 is 16.0 Å². The van der Waals surface area contributed by atoms with Crippen molar-refractivity contribution in [2.45, 2.75) is 30.3 Å². The van der Waals surface area contributed by atoms with Gasteiger partial charge in [0.2, 0.25) is 5.95 Å². The van der Waals surface area contributed by atoms with Crippen LogP contribution in [0.15, 0.2) is 72.0 Å². The standard InChI is InChI=1S/C26H20F4N4O3S/c1-15-2-3-16(12-31-15)23-10-17(26(28,29)30)4-6-20(23)21-8-9-37-24-11-19(5-7-22(21)24)38(35,36)34-25-32-13-18(27)14-33-25/h2-7,10-14,21H,8-9H2,1H3,(H,32,33,34). The smallest absolute Gasteiger partial charge is 0.416 e. The third kappa shape index (κ3) is 5.17. The summed E-state index contributed by atoms with van der Waals surface area (Å²) in [5, 5.41) is 0. The minimum absolute atomic E-state index is 0.139. The first-order valence-corrected chi connectivity index (χ1v) is 12.9. The molecular weight excluding hydrogens is 524 g/mol. The van der Waals surface area contributed by atoms with Gasteiger partial charge in [0, 0.05) is 35.0 Å². The maximum atomic E-state index is 13.6. The van der Waals surface area contributed by atoms with Crippen molar-refractivity contribution in [2.24, 2.45) is 0 Å². The first-order valence-electron chi connectivity index (χ1n) is 11.4. The summed E-state index contributed by atoms with van der Waals surface area (Å²) in [7, 11) is -4.13. The molecule has 0 saturated heterocycles. The zero-order valence-electron chi connectivity index (χ0n) is 19.8. The van der Waals surface area contributed by atoms with E-state index in [-0.39, 0.29) is 29.1 Å². The van der Waals surface area contributed by atoms with E-state index in [1.54, 1.807) is 25.1 Å². The van der Waals surface area contributed by atoms with Gasteiger partial charge in [0.25, 0.3) is 10.0 Å². The highest BCUT2D eigenvalue weighted by molar-refractivity contribution is 7.92. The second-order valence-electron chi connectivity index (χ2n) is 8.71. The fraction of sp³-hybridized carbons (Fsp3) is 0.192. The Kier molecular flexibility index (Phi) is 6.51. The van der Waals surface area contributed by atoms with Crippen LogP contribution in [0.3, 0.4) is 0 Å². The Morgan fingerprint density at radius 2 is 1.68 bits per heavy atom. The Labute approximate surface area is 215 Å². The highest BCUT2D eigenvalue weighted by atomic mass is 32.2. The number of sulfonamides is 1. The maximum Gasteiger partial charge on any atom is 0.416 e. The number of anilines is 1. The summed E-state index contributed by atoms with van der Waals surface area (Å²) in [5.41, 5.74) is 2.15. The van der Waals surface area contributed by atoms with Crippen LogP contribution in [0.4, 0.5) is 23.5 Å². The number of halogens is 4. The van der Waals surface area contributed by atoms with E-state index < -0.39 is 27.6 Å². The van der Waals surface area contributed by atoms with E-state index in [9.17, 15) is 26.0 Å². The van der Waals surface area contributed by atoms with Crippen molar-refractivity contribution in [2.75, 3.05) is 11.3 Å². The molecule has 0 saturated carbocycles. The molecule has 12 heteroatoms. The molecule has 38 heavy (non-hydrogen) atoms. The number of nitrogens with one attached hydrogen (secondary N) is 1. The summed E-state index contributed by atoms with van der Waals surface area (Å²) in [4.78, 5) is 11.3. The fourth-order valence-electron chi connectivity index (χ4n) is 4.32. The molecule has 3 heterocycles. The maximum absolute atomic E-state index is 13.6. The molecule has 1 aliphatic rings. The van der Waals surface area contributed by atoms with Gasteiger partial charge in [0.15, 0.2) is 5.82 Å². The molecule has 0 aliphatic carbocycles. The lowest BCUT2D eigenvalue weighted by Gasteiger charge is -2.29. The predicted molar refractivity (Wildman–Crippen MR) is 131 cm³/mol. The molecule has 1 aliphatic heterocycles. The van der Waals surface area contributed by atoms with Gasteiger partial charge in [-0.05, 0) is 48.7 Å². The number of aryl methyl sites for hydroxylation is 1. The molecule has 2 aromatic carbocycles. The summed E-state index contributed by atoms with van der Waals surface area (Å²) >= 11 is 0. The lowest BCUT2D eigenvalue weighted by molar-refractivity contribution is -0.137. The molecule has 0 radical (unpaired) electrons. The first-order chi connectivity index (χ1) is 18.0. The third-order valence-corrected chi connectivity index (χ3v) is 7.49. The number of ether oxygens (including phenoxy) is 1. The number of hydrogen-bond acceptors (Lipinski definition) is 6. The Balaban J connectivity index is 1.54. The molecule has 0 fully saturated rings. The van der Waals surface area contributed by atoms with Crippen LogP contribution in [0.25, 0.3) is 11.1 Å². The molecule has 0 amide bonds. The van der Waals surface area contributed by atoms with E-state index in [1.165, 1.54) is 24.4 Å². The highest BCUT2D eigenvalue weighted by Gasteiger charge is 2.33. The molecule has 4 aromatic rings. The van der Waals surface area contributed by atoms with Crippen LogP contribution in [0.5, 0.6) is 5.75 Å². The Morgan fingerprint density at radius 1 is 0.947 bits per heavy atom. The summed E-state index contributed by atoms with van der Waals surface area (Å²) in [6, 6.07) is 11.3. The number of fused-ring (bicyclic) bond motifs is 1. The van der Waals surface area contributed by atoms with Gasteiger partial charge >= 0.3 is 6.18 Å². The molecule has 0 bridgehead atoms. The molecule has 1 atom stereocenters. The van der Waals surface area contributed by atoms with Crippen LogP contribution >= 0.6 is 0 Å². The Bertz CT molecular complexity index is 1590. The van der Waals surface area contributed by atoms with Gasteiger partial charge in [-0.25, -0.2) is 27.5 Å². The van der Waals surface area contributed by atoms with Crippen LogP contribution < -0.4 is 9.46 Å². The first kappa shape index (κ1) is 25.6. The number of pyridine rings is 1. The van der Waals surface area contributed by atoms with E-state index in [2.05, 4.69) is 19.7 Å². The van der Waals surface area contributed by atoms with Crippen LogP contribution in [0.2, 0.25) is 0 Å². The number of alkyl halides is 3. The second kappa shape index (κ2) is 9.67. The third-order valence-electron chi connectivity index (χ3n) is 6.16. The highest BCUT2D eigenvalue weighted by Crippen LogP contribution is 2.44. The van der Waals surface area contributed by atoms with Gasteiger partial charge in [0.1, 0.15) is 5.75 Å². The number of benzene rings is 2. The molecule has 5 rings (SSSR count). The van der Waals surface area contributed by atoms with Crippen molar-refractivity contribution in [3.05, 3.63) is 95.3 Å². The Morgan fingerprint density at radius 3 is 2.37 bits per heavy atom. The number of aromatic nitrogens is 3. The van der Waals surface area contributed by atoms with E-state index in [0.717, 1.165) is 30.2 Å². The lowest BCUT2D eigenvalue weighted by atomic mass is 9.82. The molecule has 2 aromatic heterocycles. The van der Waals surface area contributed by atoms with E-state index >= 15 is 0 Å². The van der Waals surface area contributed by atoms with Gasteiger partial charge in [0.05, 0.1) is 29.5 Å². The van der Waals surface area contributed by atoms with E-state index in [1.807, 2.05) is 0 Å². The second-order valence-corrected chi connectivity index (χ2v) is 10.4. The monoisotopic (exact) mass is 544 g/mol. The van der Waals surface area contributed by atoms with Crippen molar-refractivity contribution in [3.63, 3.8) is 0 Å². The summed E-state index contributed by atoms with van der Waals surface area (Å²) < 4.78 is 87.4. The van der Waals surface area contributed by atoms with Crippen LogP contribution in [-0.4, -0.2) is 30.0 Å². The van der Waals surface area contributed by atoms with Crippen molar-refractivity contribution in [3.8, 4) is 16.9 Å². The van der Waals surface area contributed by atoms with Crippen LogP contribution in [-0.2, 0) is 16.2 Å². The van der Waals surface area contributed by atoms with Gasteiger partial charge in [-0.2, -0.15) is 13.2 Å². The van der Waals surface area contributed by atoms with Gasteiger partial charge in [-0.15, -0.1) is 0 Å². The summed E-state index contributed by atoms with van der Waals surface area (Å²) in [5.74, 6) is -1.09. The topological polar surface area (TPSA) is 94.1 Å². The van der Waals surface area contributed by atoms with Gasteiger partial charge in [-0.1, -0.05) is 18.2 Å². The molecule has 196 valence electrons. The average molecular weight is 545 g/mol. The minimum Gasteiger partial charge on any atom is -0.493 e. The molecule has 1 unspecified atom stereocenters. The van der Waals surface area contributed by atoms with Gasteiger partial charge < -0.3 is 4.74 Å². The number of rotatable bonds is 5. The summed E-state index contributed by atoms with van der Waals surface area (Å²) in [6.45, 7) is 2.01. The molecule has 7 nitrogen and oxygen atoms in total. The fourth-order valence-corrected chi connectivity index (χ4v) is 5.29. The SMILES string of the molecule is Cc1ccc(-c2cc(C(F)(F)F)ccc2C2CCOc3cc(S(=O)(=O)Nc4ncc(F)cn4)ccc32)cn1. The Hall–Kier alpha value is -4.06. The average Bonchev–Trinajstić information content (AvgIpc) is 2.89. The van der Waals surface area contributed by atoms with Crippen LogP contribution in [0, 0.1) is 12.7 Å². The minimum atomic E-state index is -4.52. The van der Waals surface area contributed by atoms with Crippen molar-refractivity contribution in [1.29, 1.82) is 0 Å². The van der Waals surface area contributed by atoms with Crippen LogP contribution in [0.1, 0.15) is 34.7 Å². The largest absolute Gasteiger partial charge is 0.493 e. The normalized spacial score (nSPS) is 15.4. The lowest BCUT2D eigenvalue weighted by Crippen LogP contribution is -2.19. The molecular formula is C26H20F4N4O3S. The quantitative estimate of drug-likeness (QED) is 0.323. The zero-order chi connectivity index (χ0) is 27.1. The number of nitrogens with zero attached hydrogens (tertiary/aromatic N) is 3. The zero-order valence-corrected chi connectivity index (χ0v) is 20.6. The predicted octanol–water partition coefficient (Wildman–Crippen LogP) is 5.72. The molecule has 0 spiro atoms. The summed E-state index contributed by atoms with van der Waals surface area (Å²) in [6.07, 6.45) is -0.859. The van der Waals surface area contributed by atoms with E-state index in [0.29, 0.717) is 28.7 Å². The number of hydrogen-bond donors (Lipinski definition) is 1. The van der Waals surface area contributed by atoms with Crippen molar-refractivity contribution in [1.82, 2.24) is 15.0 Å². The van der Waals surface area contributed by atoms with Crippen molar-refractivity contribution < 1.29 is 30.7 Å².